The van der Waals surface area contributed by atoms with Crippen LogP contribution in [0.4, 0.5) is 0 Å². The number of rotatable bonds is 0. The van der Waals surface area contributed by atoms with Crippen LogP contribution in [0.15, 0.2) is 48.5 Å². The van der Waals surface area contributed by atoms with E-state index in [1.807, 2.05) is 48.5 Å². The lowest BCUT2D eigenvalue weighted by Crippen LogP contribution is -2.49. The highest BCUT2D eigenvalue weighted by atomic mass is 16.3. The fourth-order valence-corrected chi connectivity index (χ4v) is 3.31. The Balaban J connectivity index is 1.88. The van der Waals surface area contributed by atoms with Crippen molar-refractivity contribution in [2.45, 2.75) is 12.5 Å². The van der Waals surface area contributed by atoms with E-state index in [9.17, 15) is 10.2 Å². The van der Waals surface area contributed by atoms with Gasteiger partial charge < -0.3 is 10.2 Å². The zero-order chi connectivity index (χ0) is 14.8. The van der Waals surface area contributed by atoms with Crippen molar-refractivity contribution in [2.75, 3.05) is 0 Å². The SMILES string of the molecule is OC1c2[nH]c3ccccc3[n+]2C(O)c2nc3ccccc3n21. The first-order valence-electron chi connectivity index (χ1n) is 7.11. The number of hydrogen-bond acceptors (Lipinski definition) is 3. The molecule has 6 nitrogen and oxygen atoms in total. The van der Waals surface area contributed by atoms with E-state index in [-0.39, 0.29) is 0 Å². The van der Waals surface area contributed by atoms with Crippen LogP contribution in [0, 0.1) is 0 Å². The van der Waals surface area contributed by atoms with Gasteiger partial charge in [0, 0.05) is 0 Å². The Bertz CT molecular complexity index is 949. The highest BCUT2D eigenvalue weighted by Crippen LogP contribution is 2.31. The molecule has 0 fully saturated rings. The average Bonchev–Trinajstić information content (AvgIpc) is 3.12. The molecule has 0 aliphatic carbocycles. The molecule has 1 aliphatic heterocycles. The Hall–Kier alpha value is -2.70. The molecule has 0 saturated carbocycles. The first-order chi connectivity index (χ1) is 10.8. The highest BCUT2D eigenvalue weighted by molar-refractivity contribution is 5.77. The molecule has 5 rings (SSSR count). The highest BCUT2D eigenvalue weighted by Gasteiger charge is 2.40. The Labute approximate surface area is 124 Å². The maximum atomic E-state index is 10.8. The van der Waals surface area contributed by atoms with Crippen LogP contribution in [-0.4, -0.2) is 24.7 Å². The molecular weight excluding hydrogens is 280 g/mol. The predicted octanol–water partition coefficient (Wildman–Crippen LogP) is 1.20. The number of aromatic nitrogens is 4. The lowest BCUT2D eigenvalue weighted by molar-refractivity contribution is -0.742. The van der Waals surface area contributed by atoms with Gasteiger partial charge in [-0.3, -0.25) is 4.57 Å². The molecule has 3 heterocycles. The summed E-state index contributed by atoms with van der Waals surface area (Å²) in [5.74, 6) is 0.986. The van der Waals surface area contributed by atoms with Crippen molar-refractivity contribution in [1.29, 1.82) is 0 Å². The van der Waals surface area contributed by atoms with Gasteiger partial charge in [-0.05, 0) is 24.3 Å². The summed E-state index contributed by atoms with van der Waals surface area (Å²) in [7, 11) is 0. The Morgan fingerprint density at radius 2 is 1.82 bits per heavy atom. The molecule has 22 heavy (non-hydrogen) atoms. The van der Waals surface area contributed by atoms with Gasteiger partial charge in [0.25, 0.3) is 6.23 Å². The zero-order valence-corrected chi connectivity index (χ0v) is 11.5. The summed E-state index contributed by atoms with van der Waals surface area (Å²) in [6.07, 6.45) is -1.86. The number of hydrogen-bond donors (Lipinski definition) is 3. The molecule has 4 aromatic rings. The molecule has 6 heteroatoms. The van der Waals surface area contributed by atoms with Crippen molar-refractivity contribution in [2.24, 2.45) is 0 Å². The number of nitrogens with zero attached hydrogens (tertiary/aromatic N) is 3. The van der Waals surface area contributed by atoms with Crippen LogP contribution in [0.25, 0.3) is 22.1 Å². The zero-order valence-electron chi connectivity index (χ0n) is 11.5. The minimum atomic E-state index is -0.943. The number of nitrogens with one attached hydrogen (secondary N) is 1. The third-order valence-corrected chi connectivity index (χ3v) is 4.27. The van der Waals surface area contributed by atoms with Crippen LogP contribution in [0.2, 0.25) is 0 Å². The van der Waals surface area contributed by atoms with Gasteiger partial charge in [-0.1, -0.05) is 24.3 Å². The third-order valence-electron chi connectivity index (χ3n) is 4.27. The molecule has 2 aromatic carbocycles. The van der Waals surface area contributed by atoms with Crippen molar-refractivity contribution in [3.05, 3.63) is 60.2 Å². The summed E-state index contributed by atoms with van der Waals surface area (Å²) in [6, 6.07) is 15.2. The minimum Gasteiger partial charge on any atom is -0.363 e. The average molecular weight is 293 g/mol. The van der Waals surface area contributed by atoms with Gasteiger partial charge in [-0.25, -0.2) is 9.97 Å². The number of aliphatic hydroxyl groups excluding tert-OH is 2. The van der Waals surface area contributed by atoms with E-state index in [1.165, 1.54) is 0 Å². The Morgan fingerprint density at radius 3 is 2.73 bits per heavy atom. The maximum absolute atomic E-state index is 10.8. The first kappa shape index (κ1) is 11.9. The van der Waals surface area contributed by atoms with Gasteiger partial charge in [-0.15, -0.1) is 0 Å². The molecule has 0 spiro atoms. The number of aliphatic hydroxyl groups is 2. The van der Waals surface area contributed by atoms with Crippen molar-refractivity contribution in [3.63, 3.8) is 0 Å². The number of para-hydroxylation sites is 4. The predicted molar refractivity (Wildman–Crippen MR) is 78.9 cm³/mol. The van der Waals surface area contributed by atoms with Crippen LogP contribution in [0.5, 0.6) is 0 Å². The summed E-state index contributed by atoms with van der Waals surface area (Å²) >= 11 is 0. The normalized spacial score (nSPS) is 20.3. The first-order valence-corrected chi connectivity index (χ1v) is 7.11. The van der Waals surface area contributed by atoms with Crippen molar-refractivity contribution in [1.82, 2.24) is 14.5 Å². The van der Waals surface area contributed by atoms with E-state index >= 15 is 0 Å². The molecular formula is C16H13N4O2+. The van der Waals surface area contributed by atoms with E-state index in [0.717, 1.165) is 22.1 Å². The second-order valence-corrected chi connectivity index (χ2v) is 5.47. The fraction of sp³-hybridized carbons (Fsp3) is 0.125. The van der Waals surface area contributed by atoms with Crippen molar-refractivity contribution in [3.8, 4) is 0 Å². The van der Waals surface area contributed by atoms with E-state index in [1.54, 1.807) is 9.13 Å². The van der Waals surface area contributed by atoms with Crippen LogP contribution >= 0.6 is 0 Å². The topological polar surface area (TPSA) is 77.9 Å². The van der Waals surface area contributed by atoms with E-state index in [2.05, 4.69) is 9.97 Å². The number of benzene rings is 2. The summed E-state index contributed by atoms with van der Waals surface area (Å²) in [4.78, 5) is 7.68. The molecule has 108 valence electrons. The van der Waals surface area contributed by atoms with Gasteiger partial charge in [0.15, 0.2) is 16.9 Å². The smallest absolute Gasteiger partial charge is 0.309 e. The molecule has 2 atom stereocenters. The Morgan fingerprint density at radius 1 is 1.05 bits per heavy atom. The van der Waals surface area contributed by atoms with Gasteiger partial charge in [0.1, 0.15) is 0 Å². The second-order valence-electron chi connectivity index (χ2n) is 5.47. The van der Waals surface area contributed by atoms with Gasteiger partial charge in [0.05, 0.1) is 11.0 Å². The lowest BCUT2D eigenvalue weighted by atomic mass is 10.3. The Kier molecular flexibility index (Phi) is 2.13. The van der Waals surface area contributed by atoms with Crippen LogP contribution in [-0.2, 0) is 0 Å². The summed E-state index contributed by atoms with van der Waals surface area (Å²) in [5.41, 5.74) is 3.26. The number of H-pyrrole nitrogens is 1. The summed E-state index contributed by atoms with van der Waals surface area (Å²) < 4.78 is 3.37. The van der Waals surface area contributed by atoms with Gasteiger partial charge in [-0.2, -0.15) is 4.57 Å². The molecule has 1 aliphatic rings. The molecule has 2 unspecified atom stereocenters. The van der Waals surface area contributed by atoms with Gasteiger partial charge in [0.2, 0.25) is 6.23 Å². The largest absolute Gasteiger partial charge is 0.363 e. The number of aromatic amines is 1. The van der Waals surface area contributed by atoms with Crippen molar-refractivity contribution >= 4 is 22.1 Å². The quantitative estimate of drug-likeness (QED) is 0.426. The molecule has 0 bridgehead atoms. The van der Waals surface area contributed by atoms with Crippen LogP contribution < -0.4 is 4.57 Å². The minimum absolute atomic E-state index is 0.441. The van der Waals surface area contributed by atoms with Crippen LogP contribution in [0.3, 0.4) is 0 Å². The lowest BCUT2D eigenvalue weighted by Gasteiger charge is -2.21. The molecule has 0 amide bonds. The molecule has 0 saturated heterocycles. The summed E-state index contributed by atoms with van der Waals surface area (Å²) in [6.45, 7) is 0. The third kappa shape index (κ3) is 1.31. The second kappa shape index (κ2) is 3.94. The number of fused-ring (bicyclic) bond motifs is 6. The summed E-state index contributed by atoms with van der Waals surface area (Å²) in [5, 5.41) is 21.5. The standard InChI is InChI=1S/C16H12N4O2/c21-15-13-17-9-5-1-3-7-11(9)19(13)16(22)14-18-10-6-2-4-8-12(10)20(14)15/h1-8,15-16,21-22H/p+1. The molecule has 3 N–H and O–H groups in total. The molecule has 0 radical (unpaired) electrons. The van der Waals surface area contributed by atoms with E-state index < -0.39 is 12.5 Å². The van der Waals surface area contributed by atoms with Crippen molar-refractivity contribution < 1.29 is 14.8 Å². The van der Waals surface area contributed by atoms with Crippen LogP contribution in [0.1, 0.15) is 24.1 Å². The fourth-order valence-electron chi connectivity index (χ4n) is 3.31. The monoisotopic (exact) mass is 293 g/mol. The maximum Gasteiger partial charge on any atom is 0.309 e. The number of imidazole rings is 2. The molecule has 2 aromatic heterocycles. The van der Waals surface area contributed by atoms with E-state index in [4.69, 9.17) is 0 Å². The van der Waals surface area contributed by atoms with E-state index in [0.29, 0.717) is 11.6 Å². The van der Waals surface area contributed by atoms with Gasteiger partial charge >= 0.3 is 5.82 Å².